The minimum absolute atomic E-state index is 0.109. The normalized spacial score (nSPS) is 22.7. The van der Waals surface area contributed by atoms with Gasteiger partial charge in [-0.25, -0.2) is 9.37 Å². The Labute approximate surface area is 119 Å². The van der Waals surface area contributed by atoms with E-state index in [9.17, 15) is 9.18 Å². The van der Waals surface area contributed by atoms with Crippen LogP contribution >= 0.6 is 0 Å². The third kappa shape index (κ3) is 2.92. The molecule has 20 heavy (non-hydrogen) atoms. The van der Waals surface area contributed by atoms with E-state index in [1.807, 2.05) is 13.8 Å². The van der Waals surface area contributed by atoms with Gasteiger partial charge in [-0.3, -0.25) is 4.79 Å². The molecule has 1 saturated heterocycles. The number of piperidine rings is 1. The van der Waals surface area contributed by atoms with E-state index in [4.69, 9.17) is 0 Å². The van der Waals surface area contributed by atoms with Crippen LogP contribution in [0, 0.1) is 11.7 Å². The molecule has 2 rings (SSSR count). The molecule has 1 amide bonds. The van der Waals surface area contributed by atoms with E-state index in [2.05, 4.69) is 17.2 Å². The van der Waals surface area contributed by atoms with Crippen molar-refractivity contribution < 1.29 is 9.18 Å². The number of nitrogens with one attached hydrogen (secondary N) is 1. The van der Waals surface area contributed by atoms with Crippen molar-refractivity contribution in [2.75, 3.05) is 18.4 Å². The van der Waals surface area contributed by atoms with Crippen molar-refractivity contribution in [1.29, 1.82) is 0 Å². The number of anilines is 1. The summed E-state index contributed by atoms with van der Waals surface area (Å²) in [5, 5.41) is 2.84. The fraction of sp³-hybridized carbons (Fsp3) is 0.600. The molecule has 110 valence electrons. The van der Waals surface area contributed by atoms with Crippen molar-refractivity contribution in [2.24, 2.45) is 5.92 Å². The van der Waals surface area contributed by atoms with Gasteiger partial charge >= 0.3 is 0 Å². The van der Waals surface area contributed by atoms with Crippen LogP contribution in [0.4, 0.5) is 10.2 Å². The van der Waals surface area contributed by atoms with Gasteiger partial charge < -0.3 is 10.2 Å². The Balaban J connectivity index is 2.23. The molecular weight excluding hydrogens is 257 g/mol. The molecule has 0 aromatic carbocycles. The lowest BCUT2D eigenvalue weighted by Crippen LogP contribution is -2.44. The Hall–Kier alpha value is -1.65. The van der Waals surface area contributed by atoms with E-state index in [1.165, 1.54) is 12.3 Å². The van der Waals surface area contributed by atoms with E-state index in [-0.39, 0.29) is 23.3 Å². The number of pyridine rings is 1. The number of hydrogen-bond acceptors (Lipinski definition) is 3. The van der Waals surface area contributed by atoms with Gasteiger partial charge in [0.25, 0.3) is 5.91 Å². The molecule has 1 aromatic rings. The van der Waals surface area contributed by atoms with Crippen LogP contribution in [0.3, 0.4) is 0 Å². The van der Waals surface area contributed by atoms with E-state index in [0.717, 1.165) is 12.8 Å². The molecule has 1 N–H and O–H groups in total. The van der Waals surface area contributed by atoms with Gasteiger partial charge in [0.15, 0.2) is 11.6 Å². The molecule has 0 radical (unpaired) electrons. The Morgan fingerprint density at radius 2 is 2.30 bits per heavy atom. The predicted octanol–water partition coefficient (Wildman–Crippen LogP) is 2.91. The Kier molecular flexibility index (Phi) is 4.57. The largest absolute Gasteiger partial charge is 0.368 e. The lowest BCUT2D eigenvalue weighted by atomic mass is 9.93. The minimum Gasteiger partial charge on any atom is -0.368 e. The average molecular weight is 279 g/mol. The molecule has 1 aromatic heterocycles. The van der Waals surface area contributed by atoms with Crippen LogP contribution in [0.25, 0.3) is 0 Å². The lowest BCUT2D eigenvalue weighted by molar-refractivity contribution is 0.0584. The molecule has 5 heteroatoms. The number of carbonyl (C=O) groups is 1. The van der Waals surface area contributed by atoms with Crippen molar-refractivity contribution in [1.82, 2.24) is 9.88 Å². The fourth-order valence-corrected chi connectivity index (χ4v) is 2.76. The van der Waals surface area contributed by atoms with Gasteiger partial charge in [-0.05, 0) is 38.7 Å². The number of hydrogen-bond donors (Lipinski definition) is 1. The Morgan fingerprint density at radius 1 is 1.55 bits per heavy atom. The first-order chi connectivity index (χ1) is 9.54. The second-order valence-corrected chi connectivity index (χ2v) is 5.53. The monoisotopic (exact) mass is 279 g/mol. The molecule has 1 aliphatic heterocycles. The zero-order chi connectivity index (χ0) is 14.7. The molecule has 1 fully saturated rings. The second-order valence-electron chi connectivity index (χ2n) is 5.53. The van der Waals surface area contributed by atoms with Crippen molar-refractivity contribution in [3.05, 3.63) is 23.6 Å². The zero-order valence-electron chi connectivity index (χ0n) is 12.3. The maximum atomic E-state index is 14.3. The number of amides is 1. The molecule has 1 aliphatic rings. The molecule has 4 nitrogen and oxygen atoms in total. The first kappa shape index (κ1) is 14.8. The van der Waals surface area contributed by atoms with Crippen molar-refractivity contribution in [2.45, 2.75) is 39.7 Å². The molecule has 0 spiro atoms. The smallest absolute Gasteiger partial charge is 0.257 e. The topological polar surface area (TPSA) is 45.2 Å². The average Bonchev–Trinajstić information content (AvgIpc) is 2.41. The maximum Gasteiger partial charge on any atom is 0.257 e. The predicted molar refractivity (Wildman–Crippen MR) is 77.3 cm³/mol. The highest BCUT2D eigenvalue weighted by atomic mass is 19.1. The summed E-state index contributed by atoms with van der Waals surface area (Å²) in [7, 11) is 0. The van der Waals surface area contributed by atoms with Crippen molar-refractivity contribution >= 4 is 11.7 Å². The Bertz CT molecular complexity index is 492. The summed E-state index contributed by atoms with van der Waals surface area (Å²) >= 11 is 0. The van der Waals surface area contributed by atoms with Crippen LogP contribution < -0.4 is 5.32 Å². The summed E-state index contributed by atoms with van der Waals surface area (Å²) in [6.07, 6.45) is 3.42. The molecule has 0 aliphatic carbocycles. The Morgan fingerprint density at radius 3 is 2.95 bits per heavy atom. The molecule has 0 saturated carbocycles. The number of nitrogens with zero attached hydrogens (tertiary/aromatic N) is 2. The van der Waals surface area contributed by atoms with E-state index in [1.54, 1.807) is 4.90 Å². The number of likely N-dealkylation sites (tertiary alicyclic amines) is 1. The summed E-state index contributed by atoms with van der Waals surface area (Å²) in [5.74, 6) is -0.0151. The van der Waals surface area contributed by atoms with Crippen LogP contribution in [0.2, 0.25) is 0 Å². The quantitative estimate of drug-likeness (QED) is 0.925. The standard InChI is InChI=1S/C15H22FN3O/c1-4-17-14-13(16)12(5-7-18-14)15(20)19-8-6-10(2)9-11(19)3/h5,7,10-11H,4,6,8-9H2,1-3H3,(H,17,18). The minimum atomic E-state index is -0.551. The van der Waals surface area contributed by atoms with E-state index >= 15 is 0 Å². The highest BCUT2D eigenvalue weighted by Gasteiger charge is 2.29. The highest BCUT2D eigenvalue weighted by molar-refractivity contribution is 5.95. The zero-order valence-corrected chi connectivity index (χ0v) is 12.3. The fourth-order valence-electron chi connectivity index (χ4n) is 2.76. The van der Waals surface area contributed by atoms with Gasteiger partial charge in [-0.2, -0.15) is 0 Å². The lowest BCUT2D eigenvalue weighted by Gasteiger charge is -2.36. The summed E-state index contributed by atoms with van der Waals surface area (Å²) in [6.45, 7) is 7.34. The molecule has 2 unspecified atom stereocenters. The van der Waals surface area contributed by atoms with Gasteiger partial charge in [0.1, 0.15) is 0 Å². The van der Waals surface area contributed by atoms with Gasteiger partial charge in [-0.1, -0.05) is 6.92 Å². The van der Waals surface area contributed by atoms with E-state index in [0.29, 0.717) is 19.0 Å². The van der Waals surface area contributed by atoms with Crippen LogP contribution in [-0.2, 0) is 0 Å². The second kappa shape index (κ2) is 6.20. The first-order valence-electron chi connectivity index (χ1n) is 7.24. The van der Waals surface area contributed by atoms with Crippen LogP contribution in [0.5, 0.6) is 0 Å². The third-order valence-electron chi connectivity index (χ3n) is 3.86. The molecular formula is C15H22FN3O. The van der Waals surface area contributed by atoms with Crippen LogP contribution in [-0.4, -0.2) is 34.9 Å². The van der Waals surface area contributed by atoms with Gasteiger partial charge in [0.2, 0.25) is 0 Å². The summed E-state index contributed by atoms with van der Waals surface area (Å²) in [6, 6.07) is 1.62. The summed E-state index contributed by atoms with van der Waals surface area (Å²) in [4.78, 5) is 18.2. The highest BCUT2D eigenvalue weighted by Crippen LogP contribution is 2.25. The van der Waals surface area contributed by atoms with E-state index < -0.39 is 5.82 Å². The summed E-state index contributed by atoms with van der Waals surface area (Å²) < 4.78 is 14.3. The van der Waals surface area contributed by atoms with Crippen LogP contribution in [0.1, 0.15) is 44.0 Å². The number of carbonyl (C=O) groups excluding carboxylic acids is 1. The van der Waals surface area contributed by atoms with Crippen molar-refractivity contribution in [3.63, 3.8) is 0 Å². The molecule has 2 atom stereocenters. The maximum absolute atomic E-state index is 14.3. The first-order valence-corrected chi connectivity index (χ1v) is 7.24. The van der Waals surface area contributed by atoms with Gasteiger partial charge in [0.05, 0.1) is 5.56 Å². The number of halogens is 1. The molecule has 0 bridgehead atoms. The SMILES string of the molecule is CCNc1nccc(C(=O)N2CCC(C)CC2C)c1F. The van der Waals surface area contributed by atoms with Gasteiger partial charge in [0, 0.05) is 25.3 Å². The number of rotatable bonds is 3. The number of aromatic nitrogens is 1. The van der Waals surface area contributed by atoms with Crippen LogP contribution in [0.15, 0.2) is 12.3 Å². The third-order valence-corrected chi connectivity index (χ3v) is 3.86. The van der Waals surface area contributed by atoms with Gasteiger partial charge in [-0.15, -0.1) is 0 Å². The van der Waals surface area contributed by atoms with Crippen molar-refractivity contribution in [3.8, 4) is 0 Å². The molecule has 2 heterocycles. The summed E-state index contributed by atoms with van der Waals surface area (Å²) in [5.41, 5.74) is 0.109.